The highest BCUT2D eigenvalue weighted by Gasteiger charge is 2.16. The number of aryl methyl sites for hydroxylation is 2. The standard InChI is InChI=1S/C18H26O/c1-13(2)6-8-17(11-15(4)12-19)18-9-7-14(3)10-16(18)5/h6-7,9-10,12,15,17H,8,11H2,1-5H3. The molecule has 0 N–H and O–H groups in total. The second-order valence-corrected chi connectivity index (χ2v) is 5.92. The van der Waals surface area contributed by atoms with Gasteiger partial charge in [0, 0.05) is 5.92 Å². The largest absolute Gasteiger partial charge is 0.303 e. The zero-order valence-electron chi connectivity index (χ0n) is 12.9. The molecular weight excluding hydrogens is 232 g/mol. The monoisotopic (exact) mass is 258 g/mol. The molecule has 1 heteroatoms. The lowest BCUT2D eigenvalue weighted by molar-refractivity contribution is -0.110. The van der Waals surface area contributed by atoms with E-state index < -0.39 is 0 Å². The fraction of sp³-hybridized carbons (Fsp3) is 0.500. The Hall–Kier alpha value is -1.37. The van der Waals surface area contributed by atoms with E-state index in [9.17, 15) is 4.79 Å². The van der Waals surface area contributed by atoms with E-state index in [-0.39, 0.29) is 5.92 Å². The van der Waals surface area contributed by atoms with E-state index in [0.717, 1.165) is 19.1 Å². The first-order valence-corrected chi connectivity index (χ1v) is 7.09. The van der Waals surface area contributed by atoms with E-state index >= 15 is 0 Å². The summed E-state index contributed by atoms with van der Waals surface area (Å²) in [5.41, 5.74) is 5.36. The molecule has 0 aliphatic carbocycles. The van der Waals surface area contributed by atoms with Gasteiger partial charge in [-0.1, -0.05) is 42.3 Å². The maximum atomic E-state index is 10.9. The molecule has 19 heavy (non-hydrogen) atoms. The van der Waals surface area contributed by atoms with Gasteiger partial charge in [-0.2, -0.15) is 0 Å². The molecule has 0 fully saturated rings. The van der Waals surface area contributed by atoms with E-state index in [1.165, 1.54) is 22.3 Å². The Morgan fingerprint density at radius 2 is 1.95 bits per heavy atom. The molecule has 2 atom stereocenters. The van der Waals surface area contributed by atoms with Gasteiger partial charge in [-0.3, -0.25) is 0 Å². The topological polar surface area (TPSA) is 17.1 Å². The third-order valence-electron chi connectivity index (χ3n) is 3.56. The maximum absolute atomic E-state index is 10.9. The van der Waals surface area contributed by atoms with Gasteiger partial charge in [0.25, 0.3) is 0 Å². The second kappa shape index (κ2) is 7.28. The molecular formula is C18H26O. The summed E-state index contributed by atoms with van der Waals surface area (Å²) < 4.78 is 0. The first kappa shape index (κ1) is 15.7. The highest BCUT2D eigenvalue weighted by molar-refractivity contribution is 5.53. The minimum absolute atomic E-state index is 0.122. The number of hydrogen-bond acceptors (Lipinski definition) is 1. The van der Waals surface area contributed by atoms with Crippen LogP contribution in [-0.4, -0.2) is 6.29 Å². The van der Waals surface area contributed by atoms with E-state index in [1.54, 1.807) is 0 Å². The van der Waals surface area contributed by atoms with Crippen LogP contribution in [0.5, 0.6) is 0 Å². The average Bonchev–Trinajstić information content (AvgIpc) is 2.34. The molecule has 0 bridgehead atoms. The number of allylic oxidation sites excluding steroid dienone is 2. The zero-order chi connectivity index (χ0) is 14.4. The first-order valence-electron chi connectivity index (χ1n) is 7.09. The minimum Gasteiger partial charge on any atom is -0.303 e. The third-order valence-corrected chi connectivity index (χ3v) is 3.56. The van der Waals surface area contributed by atoms with Crippen molar-refractivity contribution in [1.29, 1.82) is 0 Å². The van der Waals surface area contributed by atoms with Gasteiger partial charge in [-0.15, -0.1) is 0 Å². The molecule has 0 heterocycles. The predicted octanol–water partition coefficient (Wildman–Crippen LogP) is 4.97. The summed E-state index contributed by atoms with van der Waals surface area (Å²) in [6.07, 6.45) is 5.29. The third kappa shape index (κ3) is 5.02. The highest BCUT2D eigenvalue weighted by atomic mass is 16.1. The van der Waals surface area contributed by atoms with Crippen molar-refractivity contribution in [2.75, 3.05) is 0 Å². The normalized spacial score (nSPS) is 13.7. The van der Waals surface area contributed by atoms with Gasteiger partial charge in [0.1, 0.15) is 6.29 Å². The molecule has 1 nitrogen and oxygen atoms in total. The summed E-state index contributed by atoms with van der Waals surface area (Å²) in [5.74, 6) is 0.562. The van der Waals surface area contributed by atoms with E-state index in [0.29, 0.717) is 5.92 Å². The number of hydrogen-bond donors (Lipinski definition) is 0. The lowest BCUT2D eigenvalue weighted by atomic mass is 9.84. The van der Waals surface area contributed by atoms with Gasteiger partial charge < -0.3 is 4.79 Å². The van der Waals surface area contributed by atoms with Gasteiger partial charge >= 0.3 is 0 Å². The van der Waals surface area contributed by atoms with E-state index in [2.05, 4.69) is 52.0 Å². The number of carbonyl (C=O) groups is 1. The average molecular weight is 258 g/mol. The maximum Gasteiger partial charge on any atom is 0.122 e. The van der Waals surface area contributed by atoms with Gasteiger partial charge in [0.2, 0.25) is 0 Å². The van der Waals surface area contributed by atoms with E-state index in [1.807, 2.05) is 6.92 Å². The Bertz CT molecular complexity index is 453. The van der Waals surface area contributed by atoms with Crippen molar-refractivity contribution in [3.05, 3.63) is 46.5 Å². The van der Waals surface area contributed by atoms with Crippen molar-refractivity contribution in [2.45, 2.75) is 53.4 Å². The summed E-state index contributed by atoms with van der Waals surface area (Å²) in [6, 6.07) is 6.63. The van der Waals surface area contributed by atoms with Crippen LogP contribution in [0.15, 0.2) is 29.8 Å². The lowest BCUT2D eigenvalue weighted by Gasteiger charge is -2.20. The molecule has 0 amide bonds. The summed E-state index contributed by atoms with van der Waals surface area (Å²) in [4.78, 5) is 10.9. The fourth-order valence-corrected chi connectivity index (χ4v) is 2.52. The molecule has 1 aromatic carbocycles. The van der Waals surface area contributed by atoms with Gasteiger partial charge in [0.15, 0.2) is 0 Å². The van der Waals surface area contributed by atoms with Crippen LogP contribution in [0.3, 0.4) is 0 Å². The minimum atomic E-state index is 0.122. The highest BCUT2D eigenvalue weighted by Crippen LogP contribution is 2.30. The van der Waals surface area contributed by atoms with E-state index in [4.69, 9.17) is 0 Å². The predicted molar refractivity (Wildman–Crippen MR) is 82.6 cm³/mol. The summed E-state index contributed by atoms with van der Waals surface area (Å²) in [5, 5.41) is 0. The van der Waals surface area contributed by atoms with Crippen molar-refractivity contribution >= 4 is 6.29 Å². The Balaban J connectivity index is 3.00. The SMILES string of the molecule is CC(C)=CCC(CC(C)C=O)c1ccc(C)cc1C. The molecule has 2 unspecified atom stereocenters. The van der Waals surface area contributed by atoms with Crippen molar-refractivity contribution < 1.29 is 4.79 Å². The van der Waals surface area contributed by atoms with Crippen molar-refractivity contribution in [2.24, 2.45) is 5.92 Å². The number of aldehydes is 1. The molecule has 0 aliphatic rings. The molecule has 1 rings (SSSR count). The summed E-state index contributed by atoms with van der Waals surface area (Å²) in [6.45, 7) is 10.6. The fourth-order valence-electron chi connectivity index (χ4n) is 2.52. The molecule has 0 saturated heterocycles. The van der Waals surface area contributed by atoms with Crippen molar-refractivity contribution in [3.63, 3.8) is 0 Å². The van der Waals surface area contributed by atoms with Crippen molar-refractivity contribution in [1.82, 2.24) is 0 Å². The summed E-state index contributed by atoms with van der Waals surface area (Å²) in [7, 11) is 0. The van der Waals surface area contributed by atoms with Gasteiger partial charge in [-0.05, 0) is 57.6 Å². The Morgan fingerprint density at radius 3 is 2.47 bits per heavy atom. The molecule has 0 aromatic heterocycles. The molecule has 0 spiro atoms. The molecule has 0 aliphatic heterocycles. The van der Waals surface area contributed by atoms with Crippen LogP contribution in [0.1, 0.15) is 56.2 Å². The smallest absolute Gasteiger partial charge is 0.122 e. The molecule has 104 valence electrons. The Kier molecular flexibility index (Phi) is 6.01. The van der Waals surface area contributed by atoms with Crippen LogP contribution in [0.25, 0.3) is 0 Å². The lowest BCUT2D eigenvalue weighted by Crippen LogP contribution is -2.07. The van der Waals surface area contributed by atoms with Crippen LogP contribution in [-0.2, 0) is 4.79 Å². The quantitative estimate of drug-likeness (QED) is 0.520. The van der Waals surface area contributed by atoms with Crippen LogP contribution < -0.4 is 0 Å². The van der Waals surface area contributed by atoms with Crippen LogP contribution >= 0.6 is 0 Å². The van der Waals surface area contributed by atoms with Crippen LogP contribution in [0.4, 0.5) is 0 Å². The summed E-state index contributed by atoms with van der Waals surface area (Å²) >= 11 is 0. The Labute approximate surface area is 117 Å². The number of carbonyl (C=O) groups excluding carboxylic acids is 1. The second-order valence-electron chi connectivity index (χ2n) is 5.92. The van der Waals surface area contributed by atoms with Gasteiger partial charge in [-0.25, -0.2) is 0 Å². The van der Waals surface area contributed by atoms with Gasteiger partial charge in [0.05, 0.1) is 0 Å². The van der Waals surface area contributed by atoms with Crippen molar-refractivity contribution in [3.8, 4) is 0 Å². The molecule has 0 saturated carbocycles. The molecule has 0 radical (unpaired) electrons. The zero-order valence-corrected chi connectivity index (χ0v) is 12.9. The number of benzene rings is 1. The van der Waals surface area contributed by atoms with Crippen LogP contribution in [0, 0.1) is 19.8 Å². The Morgan fingerprint density at radius 1 is 1.26 bits per heavy atom. The molecule has 1 aromatic rings. The number of rotatable bonds is 6. The first-order chi connectivity index (χ1) is 8.93. The van der Waals surface area contributed by atoms with Crippen LogP contribution in [0.2, 0.25) is 0 Å².